The molecule has 0 unspecified atom stereocenters. The van der Waals surface area contributed by atoms with Crippen molar-refractivity contribution in [1.82, 2.24) is 10.3 Å². The van der Waals surface area contributed by atoms with Crippen molar-refractivity contribution in [1.29, 1.82) is 0 Å². The molecule has 0 saturated heterocycles. The number of benzene rings is 2. The Balaban J connectivity index is 1.96. The lowest BCUT2D eigenvalue weighted by Gasteiger charge is -2.09. The fourth-order valence-corrected chi connectivity index (χ4v) is 4.17. The van der Waals surface area contributed by atoms with Crippen molar-refractivity contribution in [2.45, 2.75) is 0 Å². The molecular weight excluding hydrogens is 366 g/mol. The highest BCUT2D eigenvalue weighted by Gasteiger charge is 2.21. The van der Waals surface area contributed by atoms with Gasteiger partial charge in [-0.05, 0) is 17.2 Å². The number of fused-ring (bicyclic) bond motifs is 1. The van der Waals surface area contributed by atoms with Gasteiger partial charge in [-0.2, -0.15) is 0 Å². The maximum absolute atomic E-state index is 12.5. The molecule has 138 valence electrons. The summed E-state index contributed by atoms with van der Waals surface area (Å²) in [6.07, 6.45) is 1.64. The highest BCUT2D eigenvalue weighted by molar-refractivity contribution is 7.21. The highest BCUT2D eigenvalue weighted by atomic mass is 32.1. The predicted molar refractivity (Wildman–Crippen MR) is 117 cm³/mol. The number of thiophene rings is 1. The van der Waals surface area contributed by atoms with Crippen LogP contribution in [0.5, 0.6) is 0 Å². The molecule has 0 aliphatic heterocycles. The predicted octanol–water partition coefficient (Wildman–Crippen LogP) is 5.13. The van der Waals surface area contributed by atoms with E-state index in [-0.39, 0.29) is 5.91 Å². The standard InChI is InChI=1S/C23H19N3OS/c1-2-13-25-22(27)21-20(24)19-17(15-9-5-3-6-10-15)14-18(26-23(19)28-21)16-11-7-4-8-12-16/h2-12,14H,1,13,24H2,(H,25,27). The van der Waals surface area contributed by atoms with Gasteiger partial charge in [0, 0.05) is 17.5 Å². The van der Waals surface area contributed by atoms with E-state index in [0.29, 0.717) is 17.1 Å². The topological polar surface area (TPSA) is 68.0 Å². The van der Waals surface area contributed by atoms with Gasteiger partial charge < -0.3 is 11.1 Å². The van der Waals surface area contributed by atoms with Crippen LogP contribution in [0, 0.1) is 0 Å². The van der Waals surface area contributed by atoms with E-state index in [4.69, 9.17) is 10.7 Å². The second kappa shape index (κ2) is 7.66. The number of amides is 1. The van der Waals surface area contributed by atoms with Crippen molar-refractivity contribution in [3.8, 4) is 22.4 Å². The smallest absolute Gasteiger partial charge is 0.263 e. The number of nitrogens with two attached hydrogens (primary N) is 1. The molecule has 0 aliphatic rings. The number of hydrogen-bond donors (Lipinski definition) is 2. The van der Waals surface area contributed by atoms with E-state index < -0.39 is 0 Å². The van der Waals surface area contributed by atoms with E-state index in [1.807, 2.05) is 66.7 Å². The van der Waals surface area contributed by atoms with Crippen LogP contribution in [-0.2, 0) is 0 Å². The van der Waals surface area contributed by atoms with Gasteiger partial charge in [0.1, 0.15) is 9.71 Å². The van der Waals surface area contributed by atoms with Crippen LogP contribution in [0.25, 0.3) is 32.6 Å². The second-order valence-corrected chi connectivity index (χ2v) is 7.31. The molecule has 0 radical (unpaired) electrons. The van der Waals surface area contributed by atoms with Crippen LogP contribution in [0.3, 0.4) is 0 Å². The first-order chi connectivity index (χ1) is 13.7. The van der Waals surface area contributed by atoms with E-state index >= 15 is 0 Å². The first-order valence-electron chi connectivity index (χ1n) is 8.92. The maximum atomic E-state index is 12.5. The summed E-state index contributed by atoms with van der Waals surface area (Å²) in [5, 5.41) is 3.62. The zero-order valence-electron chi connectivity index (χ0n) is 15.2. The average Bonchev–Trinajstić information content (AvgIpc) is 3.09. The summed E-state index contributed by atoms with van der Waals surface area (Å²) in [6.45, 7) is 4.03. The molecule has 0 aliphatic carbocycles. The Morgan fingerprint density at radius 2 is 1.71 bits per heavy atom. The highest BCUT2D eigenvalue weighted by Crippen LogP contribution is 2.41. The third kappa shape index (κ3) is 3.28. The summed E-state index contributed by atoms with van der Waals surface area (Å²) >= 11 is 1.32. The van der Waals surface area contributed by atoms with Crippen molar-refractivity contribution >= 4 is 33.1 Å². The Morgan fingerprint density at radius 1 is 1.07 bits per heavy atom. The molecule has 2 aromatic carbocycles. The summed E-state index contributed by atoms with van der Waals surface area (Å²) in [5.41, 5.74) is 10.8. The average molecular weight is 385 g/mol. The first kappa shape index (κ1) is 17.9. The number of pyridine rings is 1. The van der Waals surface area contributed by atoms with Crippen molar-refractivity contribution in [2.24, 2.45) is 0 Å². The van der Waals surface area contributed by atoms with Gasteiger partial charge in [0.25, 0.3) is 5.91 Å². The second-order valence-electron chi connectivity index (χ2n) is 6.31. The summed E-state index contributed by atoms with van der Waals surface area (Å²) in [5.74, 6) is -0.208. The minimum Gasteiger partial charge on any atom is -0.397 e. The monoisotopic (exact) mass is 385 g/mol. The van der Waals surface area contributed by atoms with Gasteiger partial charge in [-0.1, -0.05) is 66.7 Å². The molecule has 28 heavy (non-hydrogen) atoms. The summed E-state index contributed by atoms with van der Waals surface area (Å²) in [7, 11) is 0. The van der Waals surface area contributed by atoms with Crippen molar-refractivity contribution in [2.75, 3.05) is 12.3 Å². The number of hydrogen-bond acceptors (Lipinski definition) is 4. The molecule has 1 amide bonds. The fraction of sp³-hybridized carbons (Fsp3) is 0.0435. The number of carbonyl (C=O) groups excluding carboxylic acids is 1. The number of aromatic nitrogens is 1. The minimum atomic E-state index is -0.208. The lowest BCUT2D eigenvalue weighted by atomic mass is 9.99. The lowest BCUT2D eigenvalue weighted by Crippen LogP contribution is -2.22. The molecule has 0 fully saturated rings. The molecule has 4 rings (SSSR count). The van der Waals surface area contributed by atoms with Crippen LogP contribution in [0.15, 0.2) is 79.4 Å². The number of rotatable bonds is 5. The zero-order chi connectivity index (χ0) is 19.5. The Kier molecular flexibility index (Phi) is 4.91. The largest absolute Gasteiger partial charge is 0.397 e. The van der Waals surface area contributed by atoms with Crippen LogP contribution < -0.4 is 11.1 Å². The number of nitrogen functional groups attached to an aromatic ring is 1. The Labute approximate surface area is 167 Å². The van der Waals surface area contributed by atoms with Gasteiger partial charge in [0.2, 0.25) is 0 Å². The third-order valence-electron chi connectivity index (χ3n) is 4.47. The van der Waals surface area contributed by atoms with Crippen LogP contribution in [-0.4, -0.2) is 17.4 Å². The number of nitrogens with zero attached hydrogens (tertiary/aromatic N) is 1. The number of nitrogens with one attached hydrogen (secondary N) is 1. The van der Waals surface area contributed by atoms with Gasteiger partial charge in [0.05, 0.1) is 11.4 Å². The molecule has 2 heterocycles. The van der Waals surface area contributed by atoms with Crippen molar-refractivity contribution in [3.63, 3.8) is 0 Å². The zero-order valence-corrected chi connectivity index (χ0v) is 16.0. The molecule has 3 N–H and O–H groups in total. The van der Waals surface area contributed by atoms with E-state index in [1.165, 1.54) is 11.3 Å². The Morgan fingerprint density at radius 3 is 2.36 bits per heavy atom. The van der Waals surface area contributed by atoms with E-state index in [0.717, 1.165) is 32.6 Å². The Hall–Kier alpha value is -3.44. The van der Waals surface area contributed by atoms with Crippen LogP contribution in [0.2, 0.25) is 0 Å². The molecule has 0 spiro atoms. The molecular formula is C23H19N3OS. The minimum absolute atomic E-state index is 0.208. The molecule has 2 aromatic heterocycles. The van der Waals surface area contributed by atoms with Crippen LogP contribution in [0.1, 0.15) is 9.67 Å². The van der Waals surface area contributed by atoms with Crippen molar-refractivity contribution in [3.05, 3.63) is 84.3 Å². The summed E-state index contributed by atoms with van der Waals surface area (Å²) < 4.78 is 0. The van der Waals surface area contributed by atoms with Gasteiger partial charge >= 0.3 is 0 Å². The van der Waals surface area contributed by atoms with E-state index in [9.17, 15) is 4.79 Å². The molecule has 0 bridgehead atoms. The SMILES string of the molecule is C=CCNC(=O)c1sc2nc(-c3ccccc3)cc(-c3ccccc3)c2c1N. The maximum Gasteiger partial charge on any atom is 0.263 e. The van der Waals surface area contributed by atoms with Gasteiger partial charge in [-0.15, -0.1) is 17.9 Å². The van der Waals surface area contributed by atoms with E-state index in [2.05, 4.69) is 11.9 Å². The molecule has 4 nitrogen and oxygen atoms in total. The fourth-order valence-electron chi connectivity index (χ4n) is 3.14. The quantitative estimate of drug-likeness (QED) is 0.468. The molecule has 0 atom stereocenters. The lowest BCUT2D eigenvalue weighted by molar-refractivity contribution is 0.0963. The van der Waals surface area contributed by atoms with Gasteiger partial charge in [-0.3, -0.25) is 4.79 Å². The third-order valence-corrected chi connectivity index (χ3v) is 5.56. The molecule has 4 aromatic rings. The molecule has 0 saturated carbocycles. The summed E-state index contributed by atoms with van der Waals surface area (Å²) in [6, 6.07) is 22.1. The van der Waals surface area contributed by atoms with Crippen LogP contribution in [0.4, 0.5) is 5.69 Å². The van der Waals surface area contributed by atoms with Crippen molar-refractivity contribution < 1.29 is 4.79 Å². The molecule has 5 heteroatoms. The number of carbonyl (C=O) groups is 1. The Bertz CT molecular complexity index is 1150. The van der Waals surface area contributed by atoms with Gasteiger partial charge in [0.15, 0.2) is 0 Å². The van der Waals surface area contributed by atoms with E-state index in [1.54, 1.807) is 6.08 Å². The summed E-state index contributed by atoms with van der Waals surface area (Å²) in [4.78, 5) is 18.6. The normalized spacial score (nSPS) is 10.7. The first-order valence-corrected chi connectivity index (χ1v) is 9.73. The van der Waals surface area contributed by atoms with Crippen LogP contribution >= 0.6 is 11.3 Å². The van der Waals surface area contributed by atoms with Gasteiger partial charge in [-0.25, -0.2) is 4.98 Å². The number of anilines is 1.